The van der Waals surface area contributed by atoms with Crippen LogP contribution in [0.2, 0.25) is 0 Å². The molecule has 0 radical (unpaired) electrons. The Kier molecular flexibility index (Phi) is 7.86. The predicted molar refractivity (Wildman–Crippen MR) is 120 cm³/mol. The molecule has 4 heteroatoms. The Morgan fingerprint density at radius 3 is 2.31 bits per heavy atom. The highest BCUT2D eigenvalue weighted by Gasteiger charge is 2.22. The van der Waals surface area contributed by atoms with Crippen LogP contribution in [0, 0.1) is 19.8 Å². The zero-order chi connectivity index (χ0) is 21.6. The van der Waals surface area contributed by atoms with Crippen molar-refractivity contribution >= 4 is 5.91 Å². The van der Waals surface area contributed by atoms with Crippen LogP contribution in [-0.4, -0.2) is 17.5 Å². The molecule has 29 heavy (non-hydrogen) atoms. The minimum absolute atomic E-state index is 0.0539. The summed E-state index contributed by atoms with van der Waals surface area (Å²) in [5, 5.41) is 3.16. The summed E-state index contributed by atoms with van der Waals surface area (Å²) in [6.45, 7) is 12.9. The van der Waals surface area contributed by atoms with Crippen LogP contribution in [-0.2, 0) is 6.61 Å². The van der Waals surface area contributed by atoms with Crippen LogP contribution in [0.4, 0.5) is 0 Å². The first-order chi connectivity index (χ1) is 13.5. The number of ether oxygens (including phenoxy) is 1. The largest absolute Gasteiger partial charge is 0.489 e. The van der Waals surface area contributed by atoms with Gasteiger partial charge >= 0.3 is 0 Å². The topological polar surface area (TPSA) is 64.3 Å². The lowest BCUT2D eigenvalue weighted by Crippen LogP contribution is -2.44. The third-order valence-corrected chi connectivity index (χ3v) is 4.80. The number of hydrogen-bond donors (Lipinski definition) is 2. The fourth-order valence-electron chi connectivity index (χ4n) is 3.54. The van der Waals surface area contributed by atoms with Gasteiger partial charge < -0.3 is 15.8 Å². The Morgan fingerprint density at radius 1 is 1.10 bits per heavy atom. The third-order valence-electron chi connectivity index (χ3n) is 4.80. The van der Waals surface area contributed by atoms with Gasteiger partial charge in [0.15, 0.2) is 0 Å². The molecule has 2 aromatic carbocycles. The van der Waals surface area contributed by atoms with Crippen molar-refractivity contribution in [3.05, 3.63) is 64.7 Å². The molecule has 2 aromatic rings. The Hall–Kier alpha value is -2.33. The van der Waals surface area contributed by atoms with Crippen LogP contribution < -0.4 is 15.8 Å². The summed E-state index contributed by atoms with van der Waals surface area (Å²) in [5.41, 5.74) is 9.90. The van der Waals surface area contributed by atoms with E-state index < -0.39 is 0 Å². The number of aryl methyl sites for hydroxylation is 2. The van der Waals surface area contributed by atoms with Gasteiger partial charge in [-0.3, -0.25) is 4.79 Å². The third kappa shape index (κ3) is 7.90. The summed E-state index contributed by atoms with van der Waals surface area (Å²) >= 11 is 0. The molecule has 1 atom stereocenters. The van der Waals surface area contributed by atoms with Crippen LogP contribution in [0.1, 0.15) is 67.6 Å². The Bertz CT molecular complexity index is 805. The van der Waals surface area contributed by atoms with Gasteiger partial charge in [-0.05, 0) is 75.8 Å². The summed E-state index contributed by atoms with van der Waals surface area (Å²) < 4.78 is 5.93. The molecule has 158 valence electrons. The lowest BCUT2D eigenvalue weighted by atomic mass is 9.91. The quantitative estimate of drug-likeness (QED) is 0.616. The van der Waals surface area contributed by atoms with Crippen molar-refractivity contribution in [2.24, 2.45) is 11.7 Å². The fraction of sp³-hybridized carbons (Fsp3) is 0.480. The fourth-order valence-corrected chi connectivity index (χ4v) is 3.54. The molecule has 0 saturated heterocycles. The van der Waals surface area contributed by atoms with Crippen molar-refractivity contribution in [1.82, 2.24) is 5.32 Å². The Balaban J connectivity index is 1.97. The molecule has 0 heterocycles. The number of nitrogens with two attached hydrogens (primary N) is 1. The molecule has 4 nitrogen and oxygen atoms in total. The average molecular weight is 397 g/mol. The van der Waals surface area contributed by atoms with Crippen LogP contribution >= 0.6 is 0 Å². The molecule has 3 N–H and O–H groups in total. The van der Waals surface area contributed by atoms with E-state index in [0.717, 1.165) is 29.7 Å². The monoisotopic (exact) mass is 396 g/mol. The SMILES string of the molecule is Cc1ccc(OCc2ccc(C(=O)NC(CC(C)C)CC(C)(C)N)cc2)c(C)c1. The van der Waals surface area contributed by atoms with E-state index in [2.05, 4.69) is 32.2 Å². The van der Waals surface area contributed by atoms with Gasteiger partial charge in [0.05, 0.1) is 0 Å². The van der Waals surface area contributed by atoms with Crippen molar-refractivity contribution < 1.29 is 9.53 Å². The highest BCUT2D eigenvalue weighted by atomic mass is 16.5. The highest BCUT2D eigenvalue weighted by molar-refractivity contribution is 5.94. The number of carbonyl (C=O) groups is 1. The summed E-state index contributed by atoms with van der Waals surface area (Å²) in [4.78, 5) is 12.7. The molecular weight excluding hydrogens is 360 g/mol. The van der Waals surface area contributed by atoms with Crippen molar-refractivity contribution in [2.45, 2.75) is 72.6 Å². The first-order valence-corrected chi connectivity index (χ1v) is 10.4. The number of hydrogen-bond acceptors (Lipinski definition) is 3. The van der Waals surface area contributed by atoms with Crippen molar-refractivity contribution in [3.8, 4) is 5.75 Å². The smallest absolute Gasteiger partial charge is 0.251 e. The molecule has 1 amide bonds. The molecule has 0 saturated carbocycles. The summed E-state index contributed by atoms with van der Waals surface area (Å²) in [6, 6.07) is 13.8. The zero-order valence-corrected chi connectivity index (χ0v) is 18.7. The Morgan fingerprint density at radius 2 is 1.76 bits per heavy atom. The molecular formula is C25H36N2O2. The normalized spacial score (nSPS) is 12.7. The average Bonchev–Trinajstić information content (AvgIpc) is 2.59. The molecule has 1 unspecified atom stereocenters. The van der Waals surface area contributed by atoms with Gasteiger partial charge in [-0.15, -0.1) is 0 Å². The van der Waals surface area contributed by atoms with Crippen LogP contribution in [0.15, 0.2) is 42.5 Å². The van der Waals surface area contributed by atoms with E-state index in [-0.39, 0.29) is 17.5 Å². The maximum absolute atomic E-state index is 12.7. The lowest BCUT2D eigenvalue weighted by molar-refractivity contribution is 0.0925. The van der Waals surface area contributed by atoms with Crippen LogP contribution in [0.5, 0.6) is 5.75 Å². The van der Waals surface area contributed by atoms with E-state index in [1.807, 2.05) is 57.2 Å². The number of amides is 1. The summed E-state index contributed by atoms with van der Waals surface area (Å²) in [5.74, 6) is 1.33. The number of carbonyl (C=O) groups excluding carboxylic acids is 1. The summed E-state index contributed by atoms with van der Waals surface area (Å²) in [6.07, 6.45) is 1.66. The van der Waals surface area contributed by atoms with E-state index in [1.165, 1.54) is 5.56 Å². The van der Waals surface area contributed by atoms with Crippen LogP contribution in [0.3, 0.4) is 0 Å². The standard InChI is InChI=1S/C25H36N2O2/c1-17(2)13-22(15-25(5,6)26)27-24(28)21-10-8-20(9-11-21)16-29-23-12-7-18(3)14-19(23)4/h7-12,14,17,22H,13,15-16,26H2,1-6H3,(H,27,28). The minimum atomic E-state index is -0.317. The van der Waals surface area contributed by atoms with Crippen LogP contribution in [0.25, 0.3) is 0 Å². The molecule has 0 aliphatic carbocycles. The number of nitrogens with one attached hydrogen (secondary N) is 1. The number of benzene rings is 2. The van der Waals surface area contributed by atoms with Gasteiger partial charge in [0.1, 0.15) is 12.4 Å². The molecule has 0 bridgehead atoms. The molecule has 0 aliphatic heterocycles. The molecule has 0 aliphatic rings. The van der Waals surface area contributed by atoms with Crippen molar-refractivity contribution in [2.75, 3.05) is 0 Å². The van der Waals surface area contributed by atoms with Gasteiger partial charge in [-0.1, -0.05) is 43.7 Å². The first kappa shape index (κ1) is 23.0. The highest BCUT2D eigenvalue weighted by Crippen LogP contribution is 2.20. The second-order valence-electron chi connectivity index (χ2n) is 9.25. The van der Waals surface area contributed by atoms with Gasteiger partial charge in [0.2, 0.25) is 0 Å². The van der Waals surface area contributed by atoms with Gasteiger partial charge in [-0.2, -0.15) is 0 Å². The maximum Gasteiger partial charge on any atom is 0.251 e. The summed E-state index contributed by atoms with van der Waals surface area (Å²) in [7, 11) is 0. The maximum atomic E-state index is 12.7. The van der Waals surface area contributed by atoms with Gasteiger partial charge in [0, 0.05) is 17.1 Å². The Labute approximate surface area is 175 Å². The van der Waals surface area contributed by atoms with Gasteiger partial charge in [-0.25, -0.2) is 0 Å². The van der Waals surface area contributed by atoms with Gasteiger partial charge in [0.25, 0.3) is 5.91 Å². The minimum Gasteiger partial charge on any atom is -0.489 e. The second kappa shape index (κ2) is 9.93. The number of rotatable bonds is 9. The van der Waals surface area contributed by atoms with E-state index in [9.17, 15) is 4.79 Å². The van der Waals surface area contributed by atoms with E-state index >= 15 is 0 Å². The van der Waals surface area contributed by atoms with Crippen molar-refractivity contribution in [1.29, 1.82) is 0 Å². The van der Waals surface area contributed by atoms with E-state index in [4.69, 9.17) is 10.5 Å². The molecule has 0 fully saturated rings. The molecule has 2 rings (SSSR count). The van der Waals surface area contributed by atoms with E-state index in [0.29, 0.717) is 18.1 Å². The zero-order valence-electron chi connectivity index (χ0n) is 18.7. The second-order valence-corrected chi connectivity index (χ2v) is 9.25. The molecule has 0 spiro atoms. The predicted octanol–water partition coefficient (Wildman–Crippen LogP) is 5.15. The van der Waals surface area contributed by atoms with E-state index in [1.54, 1.807) is 0 Å². The lowest BCUT2D eigenvalue weighted by Gasteiger charge is -2.28. The molecule has 0 aromatic heterocycles. The van der Waals surface area contributed by atoms with Crippen molar-refractivity contribution in [3.63, 3.8) is 0 Å². The first-order valence-electron chi connectivity index (χ1n) is 10.4.